The van der Waals surface area contributed by atoms with Gasteiger partial charge in [-0.1, -0.05) is 25.4 Å². The molecule has 1 saturated heterocycles. The van der Waals surface area contributed by atoms with Crippen LogP contribution in [0.2, 0.25) is 5.15 Å². The molecule has 0 bridgehead atoms. The molecule has 0 spiro atoms. The Labute approximate surface area is 153 Å². The summed E-state index contributed by atoms with van der Waals surface area (Å²) < 4.78 is 27.9. The molecule has 8 nitrogen and oxygen atoms in total. The number of carbonyl (C=O) groups excluding carboxylic acids is 1. The van der Waals surface area contributed by atoms with Gasteiger partial charge < -0.3 is 5.32 Å². The molecule has 1 aromatic rings. The molecule has 2 rings (SSSR count). The number of amides is 1. The molecule has 1 amide bonds. The van der Waals surface area contributed by atoms with Crippen LogP contribution in [0.15, 0.2) is 18.3 Å². The summed E-state index contributed by atoms with van der Waals surface area (Å²) in [6, 6.07) is 3.38. The predicted molar refractivity (Wildman–Crippen MR) is 97.7 cm³/mol. The average molecular weight is 390 g/mol. The van der Waals surface area contributed by atoms with E-state index in [1.165, 1.54) is 8.61 Å². The Bertz CT molecular complexity index is 688. The zero-order chi connectivity index (χ0) is 18.4. The SMILES string of the molecule is CCN(CC)S(=O)(=O)N1CCN(CC(=O)Nc2cccnc2Cl)CC1. The van der Waals surface area contributed by atoms with Crippen molar-refractivity contribution in [2.75, 3.05) is 51.1 Å². The second kappa shape index (κ2) is 8.91. The molecular weight excluding hydrogens is 366 g/mol. The number of rotatable bonds is 7. The fourth-order valence-corrected chi connectivity index (χ4v) is 4.47. The summed E-state index contributed by atoms with van der Waals surface area (Å²) in [5, 5.41) is 2.96. The molecule has 140 valence electrons. The lowest BCUT2D eigenvalue weighted by Crippen LogP contribution is -2.54. The third-order valence-corrected chi connectivity index (χ3v) is 6.58. The molecule has 1 N–H and O–H groups in total. The van der Waals surface area contributed by atoms with Gasteiger partial charge in [0.15, 0.2) is 5.15 Å². The Morgan fingerprint density at radius 1 is 1.28 bits per heavy atom. The number of halogens is 1. The molecule has 1 fully saturated rings. The third-order valence-electron chi connectivity index (χ3n) is 4.09. The Hall–Kier alpha value is -1.26. The highest BCUT2D eigenvalue weighted by molar-refractivity contribution is 7.86. The van der Waals surface area contributed by atoms with Gasteiger partial charge in [0.2, 0.25) is 5.91 Å². The number of piperazine rings is 1. The first-order valence-electron chi connectivity index (χ1n) is 8.26. The maximum atomic E-state index is 12.5. The van der Waals surface area contributed by atoms with Gasteiger partial charge in [-0.25, -0.2) is 4.98 Å². The van der Waals surface area contributed by atoms with Gasteiger partial charge in [-0.2, -0.15) is 17.0 Å². The number of nitrogens with one attached hydrogen (secondary N) is 1. The van der Waals surface area contributed by atoms with Crippen molar-refractivity contribution in [1.29, 1.82) is 0 Å². The van der Waals surface area contributed by atoms with Crippen molar-refractivity contribution in [2.24, 2.45) is 0 Å². The fraction of sp³-hybridized carbons (Fsp3) is 0.600. The summed E-state index contributed by atoms with van der Waals surface area (Å²) in [6.45, 7) is 6.50. The first kappa shape index (κ1) is 20.1. The van der Waals surface area contributed by atoms with Crippen LogP contribution in [0.3, 0.4) is 0 Å². The molecule has 0 saturated carbocycles. The summed E-state index contributed by atoms with van der Waals surface area (Å²) in [5.41, 5.74) is 0.469. The van der Waals surface area contributed by atoms with Crippen LogP contribution in [-0.4, -0.2) is 78.6 Å². The minimum Gasteiger partial charge on any atom is -0.322 e. The number of nitrogens with zero attached hydrogens (tertiary/aromatic N) is 4. The summed E-state index contributed by atoms with van der Waals surface area (Å²) in [6.07, 6.45) is 1.55. The van der Waals surface area contributed by atoms with Gasteiger partial charge in [0.25, 0.3) is 10.2 Å². The van der Waals surface area contributed by atoms with Gasteiger partial charge in [0, 0.05) is 45.5 Å². The van der Waals surface area contributed by atoms with E-state index in [4.69, 9.17) is 11.6 Å². The van der Waals surface area contributed by atoms with Crippen LogP contribution in [0.4, 0.5) is 5.69 Å². The second-order valence-corrected chi connectivity index (χ2v) is 7.94. The minimum atomic E-state index is -3.42. The Morgan fingerprint density at radius 3 is 2.48 bits per heavy atom. The van der Waals surface area contributed by atoms with Gasteiger partial charge in [0.05, 0.1) is 12.2 Å². The van der Waals surface area contributed by atoms with Crippen molar-refractivity contribution in [3.63, 3.8) is 0 Å². The molecular formula is C15H24ClN5O3S. The molecule has 2 heterocycles. The van der Waals surface area contributed by atoms with Crippen molar-refractivity contribution in [2.45, 2.75) is 13.8 Å². The van der Waals surface area contributed by atoms with Crippen molar-refractivity contribution >= 4 is 33.4 Å². The number of carbonyl (C=O) groups is 1. The number of anilines is 1. The highest BCUT2D eigenvalue weighted by atomic mass is 35.5. The van der Waals surface area contributed by atoms with E-state index in [0.29, 0.717) is 45.0 Å². The molecule has 10 heteroatoms. The molecule has 0 unspecified atom stereocenters. The van der Waals surface area contributed by atoms with E-state index in [9.17, 15) is 13.2 Å². The number of hydrogen-bond acceptors (Lipinski definition) is 5. The van der Waals surface area contributed by atoms with E-state index in [1.807, 2.05) is 18.7 Å². The van der Waals surface area contributed by atoms with Crippen molar-refractivity contribution in [3.05, 3.63) is 23.5 Å². The standard InChI is InChI=1S/C15H24ClN5O3S/c1-3-20(4-2)25(23,24)21-10-8-19(9-11-21)12-14(22)18-13-6-5-7-17-15(13)16/h5-7H,3-4,8-12H2,1-2H3,(H,18,22). The number of aromatic nitrogens is 1. The van der Waals surface area contributed by atoms with Gasteiger partial charge >= 0.3 is 0 Å². The van der Waals surface area contributed by atoms with Crippen LogP contribution in [-0.2, 0) is 15.0 Å². The highest BCUT2D eigenvalue weighted by Gasteiger charge is 2.31. The van der Waals surface area contributed by atoms with E-state index in [2.05, 4.69) is 10.3 Å². The molecule has 0 radical (unpaired) electrons. The maximum Gasteiger partial charge on any atom is 0.282 e. The molecule has 0 aromatic carbocycles. The van der Waals surface area contributed by atoms with Crippen LogP contribution in [0, 0.1) is 0 Å². The Morgan fingerprint density at radius 2 is 1.92 bits per heavy atom. The van der Waals surface area contributed by atoms with E-state index in [0.717, 1.165) is 0 Å². The molecule has 0 atom stereocenters. The topological polar surface area (TPSA) is 85.9 Å². The number of hydrogen-bond donors (Lipinski definition) is 1. The lowest BCUT2D eigenvalue weighted by atomic mass is 10.3. The van der Waals surface area contributed by atoms with Gasteiger partial charge in [-0.05, 0) is 12.1 Å². The van der Waals surface area contributed by atoms with Crippen LogP contribution < -0.4 is 5.32 Å². The predicted octanol–water partition coefficient (Wildman–Crippen LogP) is 0.878. The smallest absolute Gasteiger partial charge is 0.282 e. The lowest BCUT2D eigenvalue weighted by Gasteiger charge is -2.35. The molecule has 25 heavy (non-hydrogen) atoms. The summed E-state index contributed by atoms with van der Waals surface area (Å²) in [4.78, 5) is 18.0. The summed E-state index contributed by atoms with van der Waals surface area (Å²) >= 11 is 5.92. The monoisotopic (exact) mass is 389 g/mol. The van der Waals surface area contributed by atoms with Crippen LogP contribution in [0.1, 0.15) is 13.8 Å². The average Bonchev–Trinajstić information content (AvgIpc) is 2.58. The van der Waals surface area contributed by atoms with Crippen molar-refractivity contribution in [3.8, 4) is 0 Å². The quantitative estimate of drug-likeness (QED) is 0.699. The van der Waals surface area contributed by atoms with Gasteiger partial charge in [-0.15, -0.1) is 0 Å². The molecule has 1 aromatic heterocycles. The Kier molecular flexibility index (Phi) is 7.14. The van der Waals surface area contributed by atoms with E-state index in [1.54, 1.807) is 18.3 Å². The van der Waals surface area contributed by atoms with Gasteiger partial charge in [-0.3, -0.25) is 9.69 Å². The van der Waals surface area contributed by atoms with E-state index >= 15 is 0 Å². The van der Waals surface area contributed by atoms with E-state index in [-0.39, 0.29) is 17.6 Å². The van der Waals surface area contributed by atoms with Crippen LogP contribution >= 0.6 is 11.6 Å². The fourth-order valence-electron chi connectivity index (χ4n) is 2.70. The first-order chi connectivity index (χ1) is 11.9. The largest absolute Gasteiger partial charge is 0.322 e. The van der Waals surface area contributed by atoms with Crippen molar-refractivity contribution in [1.82, 2.24) is 18.5 Å². The second-order valence-electron chi connectivity index (χ2n) is 5.66. The summed E-state index contributed by atoms with van der Waals surface area (Å²) in [5.74, 6) is -0.199. The van der Waals surface area contributed by atoms with Crippen LogP contribution in [0.5, 0.6) is 0 Å². The van der Waals surface area contributed by atoms with Crippen LogP contribution in [0.25, 0.3) is 0 Å². The molecule has 0 aliphatic carbocycles. The zero-order valence-corrected chi connectivity index (χ0v) is 16.1. The van der Waals surface area contributed by atoms with Crippen molar-refractivity contribution < 1.29 is 13.2 Å². The normalized spacial score (nSPS) is 17.0. The maximum absolute atomic E-state index is 12.5. The highest BCUT2D eigenvalue weighted by Crippen LogP contribution is 2.17. The molecule has 1 aliphatic heterocycles. The van der Waals surface area contributed by atoms with E-state index < -0.39 is 10.2 Å². The molecule has 1 aliphatic rings. The Balaban J connectivity index is 1.86. The lowest BCUT2D eigenvalue weighted by molar-refractivity contribution is -0.117. The zero-order valence-electron chi connectivity index (χ0n) is 14.5. The van der Waals surface area contributed by atoms with Gasteiger partial charge in [0.1, 0.15) is 0 Å². The first-order valence-corrected chi connectivity index (χ1v) is 10.0. The number of pyridine rings is 1. The summed E-state index contributed by atoms with van der Waals surface area (Å²) in [7, 11) is -3.42. The third kappa shape index (κ3) is 5.11. The minimum absolute atomic E-state index is 0.185.